The van der Waals surface area contributed by atoms with E-state index in [1.54, 1.807) is 12.1 Å². The number of carbonyl (C=O) groups excluding carboxylic acids is 1. The third-order valence-electron chi connectivity index (χ3n) is 2.04. The Hall–Kier alpha value is -1.33. The van der Waals surface area contributed by atoms with Gasteiger partial charge in [-0.25, -0.2) is 0 Å². The fourth-order valence-corrected chi connectivity index (χ4v) is 1.64. The van der Waals surface area contributed by atoms with Gasteiger partial charge in [0, 0.05) is 23.1 Å². The van der Waals surface area contributed by atoms with Crippen molar-refractivity contribution in [1.82, 2.24) is 5.32 Å². The Morgan fingerprint density at radius 1 is 1.59 bits per heavy atom. The van der Waals surface area contributed by atoms with Gasteiger partial charge in [0.05, 0.1) is 0 Å². The maximum absolute atomic E-state index is 11.3. The van der Waals surface area contributed by atoms with Crippen molar-refractivity contribution >= 4 is 21.8 Å². The Kier molecular flexibility index (Phi) is 5.72. The van der Waals surface area contributed by atoms with Crippen LogP contribution in [0.15, 0.2) is 35.3 Å². The van der Waals surface area contributed by atoms with Crippen molar-refractivity contribution in [2.24, 2.45) is 5.73 Å². The van der Waals surface area contributed by atoms with Gasteiger partial charge in [-0.3, -0.25) is 4.79 Å². The number of ether oxygens (including phenoxy) is 1. The third kappa shape index (κ3) is 4.58. The largest absolute Gasteiger partial charge is 0.483 e. The molecule has 0 aliphatic heterocycles. The van der Waals surface area contributed by atoms with Crippen LogP contribution >= 0.6 is 15.9 Å². The van der Waals surface area contributed by atoms with Crippen molar-refractivity contribution in [3.63, 3.8) is 0 Å². The normalized spacial score (nSPS) is 9.76. The van der Waals surface area contributed by atoms with Gasteiger partial charge in [-0.2, -0.15) is 0 Å². The zero-order valence-corrected chi connectivity index (χ0v) is 11.0. The third-order valence-corrected chi connectivity index (χ3v) is 2.54. The second-order valence-corrected chi connectivity index (χ2v) is 4.25. The number of carbonyl (C=O) groups is 1. The van der Waals surface area contributed by atoms with Gasteiger partial charge in [-0.15, -0.1) is 6.58 Å². The Balaban J connectivity index is 2.56. The van der Waals surface area contributed by atoms with Crippen LogP contribution in [0.25, 0.3) is 0 Å². The van der Waals surface area contributed by atoms with Crippen LogP contribution in [-0.4, -0.2) is 19.1 Å². The van der Waals surface area contributed by atoms with Crippen molar-refractivity contribution in [3.8, 4) is 5.75 Å². The Morgan fingerprint density at radius 2 is 2.35 bits per heavy atom. The molecule has 0 aliphatic rings. The average Bonchev–Trinajstić information content (AvgIpc) is 2.34. The van der Waals surface area contributed by atoms with E-state index in [4.69, 9.17) is 10.5 Å². The first-order chi connectivity index (χ1) is 8.17. The van der Waals surface area contributed by atoms with Gasteiger partial charge in [-0.05, 0) is 18.2 Å². The summed E-state index contributed by atoms with van der Waals surface area (Å²) in [7, 11) is 0. The molecule has 5 heteroatoms. The number of amides is 1. The summed E-state index contributed by atoms with van der Waals surface area (Å²) in [6.45, 7) is 4.29. The molecular formula is C12H15BrN2O2. The molecule has 0 fully saturated rings. The SMILES string of the molecule is C=CCNC(=O)COc1ccc(Br)cc1CN. The summed E-state index contributed by atoms with van der Waals surface area (Å²) in [5, 5.41) is 2.63. The van der Waals surface area contributed by atoms with E-state index in [2.05, 4.69) is 27.8 Å². The molecule has 0 radical (unpaired) electrons. The number of rotatable bonds is 6. The first-order valence-electron chi connectivity index (χ1n) is 5.16. The van der Waals surface area contributed by atoms with Crippen molar-refractivity contribution in [2.75, 3.05) is 13.2 Å². The monoisotopic (exact) mass is 298 g/mol. The van der Waals surface area contributed by atoms with Crippen LogP contribution in [0.1, 0.15) is 5.56 Å². The molecule has 0 saturated carbocycles. The molecule has 92 valence electrons. The number of hydrogen-bond donors (Lipinski definition) is 2. The highest BCUT2D eigenvalue weighted by Crippen LogP contribution is 2.22. The summed E-state index contributed by atoms with van der Waals surface area (Å²) in [5.74, 6) is 0.445. The molecule has 0 heterocycles. The highest BCUT2D eigenvalue weighted by Gasteiger charge is 2.05. The molecule has 0 aromatic heterocycles. The first kappa shape index (κ1) is 13.7. The average molecular weight is 299 g/mol. The van der Waals surface area contributed by atoms with E-state index in [0.29, 0.717) is 18.8 Å². The van der Waals surface area contributed by atoms with Crippen LogP contribution in [0, 0.1) is 0 Å². The molecule has 0 unspecified atom stereocenters. The lowest BCUT2D eigenvalue weighted by Crippen LogP contribution is -2.29. The Morgan fingerprint density at radius 3 is 3.00 bits per heavy atom. The van der Waals surface area contributed by atoms with Crippen molar-refractivity contribution in [3.05, 3.63) is 40.9 Å². The van der Waals surface area contributed by atoms with Crippen molar-refractivity contribution in [1.29, 1.82) is 0 Å². The standard InChI is InChI=1S/C12H15BrN2O2/c1-2-5-15-12(16)8-17-11-4-3-10(13)6-9(11)7-14/h2-4,6H,1,5,7-8,14H2,(H,15,16). The van der Waals surface area contributed by atoms with Crippen molar-refractivity contribution < 1.29 is 9.53 Å². The fourth-order valence-electron chi connectivity index (χ4n) is 1.23. The summed E-state index contributed by atoms with van der Waals surface area (Å²) in [5.41, 5.74) is 6.45. The van der Waals surface area contributed by atoms with E-state index in [0.717, 1.165) is 10.0 Å². The molecule has 0 bridgehead atoms. The number of nitrogens with two attached hydrogens (primary N) is 1. The molecule has 17 heavy (non-hydrogen) atoms. The Labute approximate surface area is 109 Å². The number of benzene rings is 1. The van der Waals surface area contributed by atoms with E-state index in [-0.39, 0.29) is 12.5 Å². The highest BCUT2D eigenvalue weighted by atomic mass is 79.9. The lowest BCUT2D eigenvalue weighted by Gasteiger charge is -2.10. The number of nitrogens with one attached hydrogen (secondary N) is 1. The topological polar surface area (TPSA) is 64.3 Å². The van der Waals surface area contributed by atoms with E-state index >= 15 is 0 Å². The molecule has 0 atom stereocenters. The summed E-state index contributed by atoms with van der Waals surface area (Å²) < 4.78 is 6.33. The molecule has 0 spiro atoms. The molecule has 1 rings (SSSR count). The molecule has 0 saturated heterocycles. The first-order valence-corrected chi connectivity index (χ1v) is 5.95. The van der Waals surface area contributed by atoms with Gasteiger partial charge >= 0.3 is 0 Å². The van der Waals surface area contributed by atoms with E-state index in [1.165, 1.54) is 0 Å². The zero-order chi connectivity index (χ0) is 12.7. The quantitative estimate of drug-likeness (QED) is 0.784. The number of hydrogen-bond acceptors (Lipinski definition) is 3. The van der Waals surface area contributed by atoms with Gasteiger partial charge in [0.25, 0.3) is 5.91 Å². The van der Waals surface area contributed by atoms with Gasteiger partial charge in [0.15, 0.2) is 6.61 Å². The Bertz CT molecular complexity index is 407. The van der Waals surface area contributed by atoms with E-state index in [1.807, 2.05) is 12.1 Å². The second kappa shape index (κ2) is 7.09. The van der Waals surface area contributed by atoms with Gasteiger partial charge in [-0.1, -0.05) is 22.0 Å². The minimum atomic E-state index is -0.184. The molecular weight excluding hydrogens is 284 g/mol. The van der Waals surface area contributed by atoms with Crippen LogP contribution in [0.5, 0.6) is 5.75 Å². The second-order valence-electron chi connectivity index (χ2n) is 3.34. The predicted molar refractivity (Wildman–Crippen MR) is 70.7 cm³/mol. The maximum atomic E-state index is 11.3. The minimum Gasteiger partial charge on any atom is -0.483 e. The number of halogens is 1. The predicted octanol–water partition coefficient (Wildman–Crippen LogP) is 1.59. The molecule has 1 amide bonds. The summed E-state index contributed by atoms with van der Waals surface area (Å²) in [6, 6.07) is 5.50. The molecule has 0 aliphatic carbocycles. The van der Waals surface area contributed by atoms with Crippen LogP contribution in [-0.2, 0) is 11.3 Å². The zero-order valence-electron chi connectivity index (χ0n) is 9.41. The van der Waals surface area contributed by atoms with Gasteiger partial charge < -0.3 is 15.8 Å². The van der Waals surface area contributed by atoms with Crippen LogP contribution in [0.3, 0.4) is 0 Å². The minimum absolute atomic E-state index is 0.0253. The van der Waals surface area contributed by atoms with Crippen LogP contribution in [0.4, 0.5) is 0 Å². The van der Waals surface area contributed by atoms with E-state index in [9.17, 15) is 4.79 Å². The highest BCUT2D eigenvalue weighted by molar-refractivity contribution is 9.10. The van der Waals surface area contributed by atoms with Crippen molar-refractivity contribution in [2.45, 2.75) is 6.54 Å². The van der Waals surface area contributed by atoms with E-state index < -0.39 is 0 Å². The van der Waals surface area contributed by atoms with Gasteiger partial charge in [0.2, 0.25) is 0 Å². The fraction of sp³-hybridized carbons (Fsp3) is 0.250. The smallest absolute Gasteiger partial charge is 0.258 e. The lowest BCUT2D eigenvalue weighted by atomic mass is 10.2. The molecule has 3 N–H and O–H groups in total. The maximum Gasteiger partial charge on any atom is 0.258 e. The summed E-state index contributed by atoms with van der Waals surface area (Å²) >= 11 is 3.35. The van der Waals surface area contributed by atoms with Crippen LogP contribution in [0.2, 0.25) is 0 Å². The molecule has 1 aromatic rings. The summed E-state index contributed by atoms with van der Waals surface area (Å²) in [4.78, 5) is 11.3. The molecule has 1 aromatic carbocycles. The summed E-state index contributed by atoms with van der Waals surface area (Å²) in [6.07, 6.45) is 1.61. The molecule has 4 nitrogen and oxygen atoms in total. The van der Waals surface area contributed by atoms with Crippen LogP contribution < -0.4 is 15.8 Å². The lowest BCUT2D eigenvalue weighted by molar-refractivity contribution is -0.122. The van der Waals surface area contributed by atoms with Gasteiger partial charge in [0.1, 0.15) is 5.75 Å².